The van der Waals surface area contributed by atoms with Crippen LogP contribution < -0.4 is 4.90 Å². The average molecular weight is 966 g/mol. The van der Waals surface area contributed by atoms with E-state index in [0.29, 0.717) is 0 Å². The van der Waals surface area contributed by atoms with Gasteiger partial charge in [0.15, 0.2) is 5.58 Å². The van der Waals surface area contributed by atoms with Crippen LogP contribution in [0, 0.1) is 0 Å². The summed E-state index contributed by atoms with van der Waals surface area (Å²) in [5.74, 6) is 0. The van der Waals surface area contributed by atoms with Crippen molar-refractivity contribution in [2.75, 3.05) is 4.90 Å². The van der Waals surface area contributed by atoms with E-state index in [4.69, 9.17) is 4.42 Å². The Kier molecular flexibility index (Phi) is 9.20. The van der Waals surface area contributed by atoms with Crippen LogP contribution in [0.3, 0.4) is 0 Å². The number of rotatable bonds is 5. The molecular weight excluding hydrogens is 919 g/mol. The minimum Gasteiger partial charge on any atom is -0.454 e. The molecule has 76 heavy (non-hydrogen) atoms. The first-order valence-electron chi connectivity index (χ1n) is 26.4. The Morgan fingerprint density at radius 2 is 0.605 bits per heavy atom. The number of fused-ring (bicyclic) bond motifs is 18. The van der Waals surface area contributed by atoms with Crippen LogP contribution in [0.15, 0.2) is 290 Å². The van der Waals surface area contributed by atoms with Crippen molar-refractivity contribution >= 4 is 39.0 Å². The summed E-state index contributed by atoms with van der Waals surface area (Å²) in [6, 6.07) is 106. The van der Waals surface area contributed by atoms with Gasteiger partial charge in [-0.2, -0.15) is 0 Å². The van der Waals surface area contributed by atoms with E-state index in [-0.39, 0.29) is 0 Å². The van der Waals surface area contributed by atoms with E-state index in [9.17, 15) is 0 Å². The van der Waals surface area contributed by atoms with Crippen LogP contribution in [0.4, 0.5) is 17.1 Å². The molecule has 2 heteroatoms. The predicted octanol–water partition coefficient (Wildman–Crippen LogP) is 19.1. The van der Waals surface area contributed by atoms with Crippen molar-refractivity contribution in [2.45, 2.75) is 10.8 Å². The summed E-state index contributed by atoms with van der Waals surface area (Å²) >= 11 is 0. The molecule has 0 saturated heterocycles. The molecule has 0 amide bonds. The van der Waals surface area contributed by atoms with E-state index in [2.05, 4.69) is 290 Å². The number of hydrogen-bond acceptors (Lipinski definition) is 2. The zero-order chi connectivity index (χ0) is 50.0. The van der Waals surface area contributed by atoms with Gasteiger partial charge in [0.05, 0.1) is 27.9 Å². The molecule has 0 radical (unpaired) electrons. The van der Waals surface area contributed by atoms with E-state index in [1.54, 1.807) is 0 Å². The Balaban J connectivity index is 1.08. The molecule has 12 aromatic carbocycles. The zero-order valence-electron chi connectivity index (χ0n) is 41.5. The number of nitrogens with zero attached hydrogens (tertiary/aromatic N) is 1. The van der Waals surface area contributed by atoms with Crippen molar-refractivity contribution in [3.63, 3.8) is 0 Å². The fourth-order valence-electron chi connectivity index (χ4n) is 14.0. The van der Waals surface area contributed by atoms with Crippen molar-refractivity contribution in [1.82, 2.24) is 0 Å². The van der Waals surface area contributed by atoms with E-state index in [0.717, 1.165) is 50.1 Å². The van der Waals surface area contributed by atoms with Gasteiger partial charge in [-0.1, -0.05) is 249 Å². The van der Waals surface area contributed by atoms with Crippen LogP contribution in [0.25, 0.3) is 77.6 Å². The second kappa shape index (κ2) is 16.4. The van der Waals surface area contributed by atoms with E-state index in [1.165, 1.54) is 89.0 Å². The third kappa shape index (κ3) is 5.76. The summed E-state index contributed by atoms with van der Waals surface area (Å²) in [6.45, 7) is 0. The lowest BCUT2D eigenvalue weighted by atomic mass is 9.50. The van der Waals surface area contributed by atoms with Gasteiger partial charge in [-0.05, 0) is 137 Å². The summed E-state index contributed by atoms with van der Waals surface area (Å²) in [4.78, 5) is 2.51. The average Bonchev–Trinajstić information content (AvgIpc) is 4.19. The second-order valence-electron chi connectivity index (χ2n) is 20.6. The summed E-state index contributed by atoms with van der Waals surface area (Å²) < 4.78 is 7.02. The first-order valence-corrected chi connectivity index (χ1v) is 26.4. The number of benzene rings is 12. The van der Waals surface area contributed by atoms with E-state index < -0.39 is 10.8 Å². The number of hydrogen-bond donors (Lipinski definition) is 0. The molecule has 0 unspecified atom stereocenters. The number of furan rings is 1. The Morgan fingerprint density at radius 3 is 1.09 bits per heavy atom. The topological polar surface area (TPSA) is 16.4 Å². The Morgan fingerprint density at radius 1 is 0.237 bits per heavy atom. The molecule has 0 fully saturated rings. The highest BCUT2D eigenvalue weighted by atomic mass is 16.3. The number of para-hydroxylation sites is 2. The fraction of sp³-hybridized carbons (Fsp3) is 0.0270. The SMILES string of the molecule is c1ccc(-c2ccccc2-c2ccc3c(c2)C2(c4cc(-c5ccccc5-c5ccccc5)ccc4N3c3cccc4c3oc3ccccc34)c3ccccc3C3(c4ccccc4-c4ccccc43)c3ccccc32)cc1. The molecule has 1 aromatic heterocycles. The van der Waals surface area contributed by atoms with Crippen molar-refractivity contribution in [1.29, 1.82) is 0 Å². The van der Waals surface area contributed by atoms with Gasteiger partial charge in [-0.3, -0.25) is 0 Å². The van der Waals surface area contributed by atoms with Gasteiger partial charge in [0.25, 0.3) is 0 Å². The molecule has 13 aromatic rings. The molecule has 2 aliphatic carbocycles. The van der Waals surface area contributed by atoms with Crippen molar-refractivity contribution in [2.24, 2.45) is 0 Å². The van der Waals surface area contributed by atoms with Crippen LogP contribution in [-0.2, 0) is 10.8 Å². The van der Waals surface area contributed by atoms with Crippen LogP contribution >= 0.6 is 0 Å². The maximum absolute atomic E-state index is 7.02. The highest BCUT2D eigenvalue weighted by molar-refractivity contribution is 6.11. The minimum absolute atomic E-state index is 0.599. The predicted molar refractivity (Wildman–Crippen MR) is 313 cm³/mol. The quantitative estimate of drug-likeness (QED) is 0.171. The smallest absolute Gasteiger partial charge is 0.159 e. The van der Waals surface area contributed by atoms with Gasteiger partial charge in [-0.15, -0.1) is 0 Å². The largest absolute Gasteiger partial charge is 0.454 e. The lowest BCUT2D eigenvalue weighted by molar-refractivity contribution is 0.619. The third-order valence-corrected chi connectivity index (χ3v) is 17.0. The maximum Gasteiger partial charge on any atom is 0.159 e. The lowest BCUT2D eigenvalue weighted by Gasteiger charge is -2.53. The van der Waals surface area contributed by atoms with Gasteiger partial charge >= 0.3 is 0 Å². The maximum atomic E-state index is 7.02. The van der Waals surface area contributed by atoms with Gasteiger partial charge in [0.1, 0.15) is 5.58 Å². The second-order valence-corrected chi connectivity index (χ2v) is 20.6. The highest BCUT2D eigenvalue weighted by Crippen LogP contribution is 2.68. The van der Waals surface area contributed by atoms with Gasteiger partial charge < -0.3 is 9.32 Å². The monoisotopic (exact) mass is 965 g/mol. The molecule has 0 atom stereocenters. The molecule has 354 valence electrons. The van der Waals surface area contributed by atoms with Crippen LogP contribution in [-0.4, -0.2) is 0 Å². The molecule has 2 spiro atoms. The molecule has 0 saturated carbocycles. The normalized spacial score (nSPS) is 14.0. The van der Waals surface area contributed by atoms with Gasteiger partial charge in [-0.25, -0.2) is 0 Å². The fourth-order valence-corrected chi connectivity index (χ4v) is 14.0. The first kappa shape index (κ1) is 42.7. The molecule has 1 aliphatic heterocycles. The van der Waals surface area contributed by atoms with E-state index in [1.807, 2.05) is 0 Å². The summed E-state index contributed by atoms with van der Waals surface area (Å²) in [6.07, 6.45) is 0. The van der Waals surface area contributed by atoms with Gasteiger partial charge in [0, 0.05) is 10.8 Å². The molecule has 0 N–H and O–H groups in total. The molecule has 3 aliphatic rings. The standard InChI is InChI=1S/C74H47NO/c1-3-22-48(23-4-1)52-26-7-9-28-54(52)50-42-44-68-66(46-50)74(64-38-18-16-36-62(64)73(63-37-17-19-39-65(63)74)60-34-14-11-30-56(60)57-31-12-15-35-61(57)73)67-47-51(55-29-10-8-27-53(55)49-24-5-2-6-25-49)43-45-69(67)75(68)70-40-21-33-59-58-32-13-20-41-71(58)76-72(59)70/h1-47H. The lowest BCUT2D eigenvalue weighted by Crippen LogP contribution is -2.47. The number of anilines is 3. The molecule has 16 rings (SSSR count). The summed E-state index contributed by atoms with van der Waals surface area (Å²) in [5, 5.41) is 2.19. The van der Waals surface area contributed by atoms with Crippen molar-refractivity contribution < 1.29 is 4.42 Å². The van der Waals surface area contributed by atoms with Crippen LogP contribution in [0.2, 0.25) is 0 Å². The molecular formula is C74H47NO. The summed E-state index contributed by atoms with van der Waals surface area (Å²) in [5.41, 5.74) is 25.7. The summed E-state index contributed by atoms with van der Waals surface area (Å²) in [7, 11) is 0. The molecule has 0 bridgehead atoms. The Labute approximate surface area is 442 Å². The highest BCUT2D eigenvalue weighted by Gasteiger charge is 2.59. The minimum atomic E-state index is -0.844. The Hall–Kier alpha value is -9.76. The molecule has 2 heterocycles. The zero-order valence-corrected chi connectivity index (χ0v) is 41.5. The third-order valence-electron chi connectivity index (χ3n) is 17.0. The van der Waals surface area contributed by atoms with Gasteiger partial charge in [0.2, 0.25) is 0 Å². The van der Waals surface area contributed by atoms with Crippen molar-refractivity contribution in [3.8, 4) is 55.6 Å². The Bertz CT molecular complexity index is 4250. The first-order chi connectivity index (χ1) is 37.7. The van der Waals surface area contributed by atoms with E-state index >= 15 is 0 Å². The molecule has 2 nitrogen and oxygen atoms in total. The van der Waals surface area contributed by atoms with Crippen LogP contribution in [0.1, 0.15) is 44.5 Å². The van der Waals surface area contributed by atoms with Crippen LogP contribution in [0.5, 0.6) is 0 Å². The van der Waals surface area contributed by atoms with Crippen molar-refractivity contribution in [3.05, 3.63) is 330 Å².